The van der Waals surface area contributed by atoms with Gasteiger partial charge < -0.3 is 14.9 Å². The Morgan fingerprint density at radius 2 is 1.94 bits per heavy atom. The number of carbonyl (C=O) groups excluding carboxylic acids is 1. The minimum Gasteiger partial charge on any atom is -0.465 e. The van der Waals surface area contributed by atoms with E-state index in [4.69, 9.17) is 14.9 Å². The molecule has 0 saturated carbocycles. The maximum Gasteiger partial charge on any atom is 0.407 e. The molecule has 0 radical (unpaired) electrons. The van der Waals surface area contributed by atoms with Crippen molar-refractivity contribution >= 4 is 12.1 Å². The van der Waals surface area contributed by atoms with Crippen LogP contribution in [0.5, 0.6) is 0 Å². The maximum absolute atomic E-state index is 12.3. The third-order valence-corrected chi connectivity index (χ3v) is 2.39. The van der Waals surface area contributed by atoms with Crippen molar-refractivity contribution in [1.82, 2.24) is 4.90 Å². The number of amides is 1. The van der Waals surface area contributed by atoms with Crippen molar-refractivity contribution in [1.29, 1.82) is 0 Å². The number of rotatable bonds is 7. The summed E-state index contributed by atoms with van der Waals surface area (Å²) in [5.74, 6) is -0.771. The van der Waals surface area contributed by atoms with Gasteiger partial charge in [0.1, 0.15) is 12.7 Å². The summed E-state index contributed by atoms with van der Waals surface area (Å²) in [6.07, 6.45) is -2.24. The molecule has 7 heteroatoms. The van der Waals surface area contributed by atoms with Crippen LogP contribution in [0.1, 0.15) is 20.3 Å². The van der Waals surface area contributed by atoms with Crippen molar-refractivity contribution in [2.45, 2.75) is 32.4 Å². The van der Waals surface area contributed by atoms with Gasteiger partial charge in [0.05, 0.1) is 6.61 Å². The highest BCUT2D eigenvalue weighted by Gasteiger charge is 2.30. The number of alkyl halides is 1. The second-order valence-electron chi connectivity index (χ2n) is 4.43. The first kappa shape index (κ1) is 16.6. The van der Waals surface area contributed by atoms with E-state index in [0.29, 0.717) is 0 Å². The molecule has 0 rings (SSSR count). The van der Waals surface area contributed by atoms with Gasteiger partial charge >= 0.3 is 12.1 Å². The lowest BCUT2D eigenvalue weighted by molar-refractivity contribution is -0.158. The number of likely N-dealkylation sites (N-methyl/N-ethyl adjacent to an activating group) is 1. The normalized spacial score (nSPS) is 14.1. The standard InChI is InChI=1S/C11H20FNO5/c1-7(2)4-9(13(3)11(16)17)10(15)18-8(5-12)6-14/h7-9,14H,4-6H2,1-3H3,(H,16,17)/t8-,9+/m1/s1. The van der Waals surface area contributed by atoms with E-state index in [9.17, 15) is 14.0 Å². The van der Waals surface area contributed by atoms with E-state index < -0.39 is 37.5 Å². The van der Waals surface area contributed by atoms with Crippen molar-refractivity contribution in [2.75, 3.05) is 20.3 Å². The number of nitrogens with zero attached hydrogens (tertiary/aromatic N) is 1. The van der Waals surface area contributed by atoms with Crippen LogP contribution in [0.2, 0.25) is 0 Å². The zero-order valence-electron chi connectivity index (χ0n) is 10.8. The maximum atomic E-state index is 12.3. The first-order valence-electron chi connectivity index (χ1n) is 5.66. The van der Waals surface area contributed by atoms with Crippen LogP contribution in [-0.4, -0.2) is 59.7 Å². The number of halogens is 1. The Bertz CT molecular complexity index is 281. The summed E-state index contributed by atoms with van der Waals surface area (Å²) >= 11 is 0. The largest absolute Gasteiger partial charge is 0.465 e. The van der Waals surface area contributed by atoms with Crippen LogP contribution in [0.4, 0.5) is 9.18 Å². The Balaban J connectivity index is 4.74. The predicted molar refractivity (Wildman–Crippen MR) is 62.0 cm³/mol. The molecule has 0 aromatic heterocycles. The van der Waals surface area contributed by atoms with E-state index in [1.165, 1.54) is 7.05 Å². The fraction of sp³-hybridized carbons (Fsp3) is 0.818. The van der Waals surface area contributed by atoms with E-state index in [-0.39, 0.29) is 12.3 Å². The Hall–Kier alpha value is -1.37. The molecule has 0 heterocycles. The fourth-order valence-corrected chi connectivity index (χ4v) is 1.35. The van der Waals surface area contributed by atoms with Gasteiger partial charge in [-0.1, -0.05) is 13.8 Å². The molecule has 0 aromatic carbocycles. The minimum atomic E-state index is -1.27. The molecule has 0 fully saturated rings. The Kier molecular flexibility index (Phi) is 7.26. The molecular formula is C11H20FNO5. The van der Waals surface area contributed by atoms with Gasteiger partial charge in [0, 0.05) is 7.05 Å². The molecule has 2 N–H and O–H groups in total. The van der Waals surface area contributed by atoms with Crippen molar-refractivity contribution in [3.63, 3.8) is 0 Å². The number of esters is 1. The monoisotopic (exact) mass is 265 g/mol. The molecule has 106 valence electrons. The number of carbonyl (C=O) groups is 2. The average Bonchev–Trinajstić information content (AvgIpc) is 2.31. The summed E-state index contributed by atoms with van der Waals surface area (Å²) in [6, 6.07) is -0.997. The van der Waals surface area contributed by atoms with Gasteiger partial charge in [-0.15, -0.1) is 0 Å². The molecule has 0 aliphatic carbocycles. The van der Waals surface area contributed by atoms with E-state index in [1.807, 2.05) is 13.8 Å². The molecule has 0 aliphatic heterocycles. The first-order valence-corrected chi connectivity index (χ1v) is 5.66. The lowest BCUT2D eigenvalue weighted by Gasteiger charge is -2.26. The van der Waals surface area contributed by atoms with Crippen LogP contribution in [0, 0.1) is 5.92 Å². The van der Waals surface area contributed by atoms with Crippen LogP contribution in [0.25, 0.3) is 0 Å². The number of hydrogen-bond acceptors (Lipinski definition) is 4. The quantitative estimate of drug-likeness (QED) is 0.667. The highest BCUT2D eigenvalue weighted by atomic mass is 19.1. The van der Waals surface area contributed by atoms with Crippen molar-refractivity contribution in [2.24, 2.45) is 5.92 Å². The van der Waals surface area contributed by atoms with Crippen LogP contribution in [0.3, 0.4) is 0 Å². The van der Waals surface area contributed by atoms with E-state index in [0.717, 1.165) is 4.90 Å². The minimum absolute atomic E-state index is 0.0716. The summed E-state index contributed by atoms with van der Waals surface area (Å²) < 4.78 is 17.1. The Labute approximate surface area is 105 Å². The molecule has 0 aromatic rings. The highest BCUT2D eigenvalue weighted by Crippen LogP contribution is 2.13. The second kappa shape index (κ2) is 7.86. The van der Waals surface area contributed by atoms with Crippen LogP contribution < -0.4 is 0 Å². The van der Waals surface area contributed by atoms with Crippen molar-refractivity contribution in [3.05, 3.63) is 0 Å². The molecular weight excluding hydrogens is 245 g/mol. The molecule has 0 saturated heterocycles. The predicted octanol–water partition coefficient (Wildman–Crippen LogP) is 0.885. The highest BCUT2D eigenvalue weighted by molar-refractivity contribution is 5.80. The third kappa shape index (κ3) is 5.31. The molecule has 1 amide bonds. The smallest absolute Gasteiger partial charge is 0.407 e. The number of carboxylic acid groups (broad SMARTS) is 1. The number of aliphatic hydroxyl groups is 1. The molecule has 0 aliphatic rings. The zero-order chi connectivity index (χ0) is 14.3. The fourth-order valence-electron chi connectivity index (χ4n) is 1.35. The van der Waals surface area contributed by atoms with E-state index in [2.05, 4.69) is 0 Å². The summed E-state index contributed by atoms with van der Waals surface area (Å²) in [5.41, 5.74) is 0. The molecule has 18 heavy (non-hydrogen) atoms. The third-order valence-electron chi connectivity index (χ3n) is 2.39. The summed E-state index contributed by atoms with van der Waals surface area (Å²) in [5, 5.41) is 17.6. The average molecular weight is 265 g/mol. The van der Waals surface area contributed by atoms with Gasteiger partial charge in [0.15, 0.2) is 6.10 Å². The molecule has 2 atom stereocenters. The van der Waals surface area contributed by atoms with Crippen molar-refractivity contribution < 1.29 is 28.9 Å². The van der Waals surface area contributed by atoms with Gasteiger partial charge in [-0.05, 0) is 12.3 Å². The Morgan fingerprint density at radius 1 is 1.39 bits per heavy atom. The van der Waals surface area contributed by atoms with Crippen LogP contribution >= 0.6 is 0 Å². The van der Waals surface area contributed by atoms with Gasteiger partial charge in [-0.3, -0.25) is 4.90 Å². The first-order chi connectivity index (χ1) is 8.33. The summed E-state index contributed by atoms with van der Waals surface area (Å²) in [6.45, 7) is 2.02. The number of aliphatic hydroxyl groups excluding tert-OH is 1. The molecule has 6 nitrogen and oxygen atoms in total. The van der Waals surface area contributed by atoms with Crippen LogP contribution in [0.15, 0.2) is 0 Å². The van der Waals surface area contributed by atoms with Crippen LogP contribution in [-0.2, 0) is 9.53 Å². The Morgan fingerprint density at radius 3 is 2.28 bits per heavy atom. The SMILES string of the molecule is CC(C)C[C@@H](C(=O)O[C@@H](CO)CF)N(C)C(=O)O. The lowest BCUT2D eigenvalue weighted by Crippen LogP contribution is -2.45. The van der Waals surface area contributed by atoms with E-state index in [1.54, 1.807) is 0 Å². The molecule has 0 spiro atoms. The van der Waals surface area contributed by atoms with E-state index >= 15 is 0 Å². The zero-order valence-corrected chi connectivity index (χ0v) is 10.8. The van der Waals surface area contributed by atoms with Gasteiger partial charge in [-0.2, -0.15) is 0 Å². The number of ether oxygens (including phenoxy) is 1. The number of hydrogen-bond donors (Lipinski definition) is 2. The summed E-state index contributed by atoms with van der Waals surface area (Å²) in [7, 11) is 1.25. The van der Waals surface area contributed by atoms with Gasteiger partial charge in [-0.25, -0.2) is 14.0 Å². The van der Waals surface area contributed by atoms with Crippen molar-refractivity contribution in [3.8, 4) is 0 Å². The van der Waals surface area contributed by atoms with Gasteiger partial charge in [0.2, 0.25) is 0 Å². The lowest BCUT2D eigenvalue weighted by atomic mass is 10.0. The summed E-state index contributed by atoms with van der Waals surface area (Å²) in [4.78, 5) is 23.4. The topological polar surface area (TPSA) is 87.1 Å². The molecule has 0 bridgehead atoms. The molecule has 0 unspecified atom stereocenters. The second-order valence-corrected chi connectivity index (χ2v) is 4.43. The van der Waals surface area contributed by atoms with Gasteiger partial charge in [0.25, 0.3) is 0 Å².